The highest BCUT2D eigenvalue weighted by Gasteiger charge is 2.33. The van der Waals surface area contributed by atoms with Gasteiger partial charge in [0.2, 0.25) is 20.0 Å². The van der Waals surface area contributed by atoms with E-state index in [4.69, 9.17) is 0 Å². The number of alkyl halides is 2. The maximum atomic E-state index is 12.9. The molecule has 0 aliphatic carbocycles. The molecule has 0 saturated carbocycles. The highest BCUT2D eigenvalue weighted by molar-refractivity contribution is 7.89. The lowest BCUT2D eigenvalue weighted by atomic mass is 10.1. The zero-order valence-electron chi connectivity index (χ0n) is 15.2. The van der Waals surface area contributed by atoms with Crippen molar-refractivity contribution in [1.82, 2.24) is 9.03 Å². The van der Waals surface area contributed by atoms with Crippen LogP contribution < -0.4 is 9.46 Å². The number of benzene rings is 2. The topological polar surface area (TPSA) is 92.8 Å². The fourth-order valence-electron chi connectivity index (χ4n) is 3.10. The molecule has 0 atom stereocenters. The van der Waals surface area contributed by atoms with Gasteiger partial charge in [-0.15, -0.1) is 0 Å². The van der Waals surface area contributed by atoms with Crippen LogP contribution in [0.2, 0.25) is 0 Å². The summed E-state index contributed by atoms with van der Waals surface area (Å²) in [5.74, 6) is -0.422. The standard InChI is InChI=1S/C18H20F2N2O5S2/c19-18(20)27-16-8-4-5-9-17(16)29(25,26)22-12-10-14(11-13-22)21-28(23,24)15-6-2-1-3-7-15/h1-9,14,18,21H,10-13H2. The minimum atomic E-state index is -4.06. The molecule has 0 radical (unpaired) electrons. The number of nitrogens with zero attached hydrogens (tertiary/aromatic N) is 1. The predicted octanol–water partition coefficient (Wildman–Crippen LogP) is 2.42. The summed E-state index contributed by atoms with van der Waals surface area (Å²) in [6, 6.07) is 12.6. The Bertz CT molecular complexity index is 1040. The van der Waals surface area contributed by atoms with E-state index >= 15 is 0 Å². The van der Waals surface area contributed by atoms with E-state index in [0.717, 1.165) is 4.31 Å². The molecule has 7 nitrogen and oxygen atoms in total. The van der Waals surface area contributed by atoms with E-state index in [2.05, 4.69) is 9.46 Å². The molecule has 11 heteroatoms. The first-order chi connectivity index (χ1) is 13.7. The Hall–Kier alpha value is -2.08. The molecular weight excluding hydrogens is 426 g/mol. The Kier molecular flexibility index (Phi) is 6.52. The van der Waals surface area contributed by atoms with Gasteiger partial charge in [0, 0.05) is 19.1 Å². The molecule has 0 amide bonds. The van der Waals surface area contributed by atoms with E-state index in [1.54, 1.807) is 18.2 Å². The number of rotatable bonds is 7. The number of piperidine rings is 1. The Morgan fingerprint density at radius 1 is 0.931 bits per heavy atom. The summed E-state index contributed by atoms with van der Waals surface area (Å²) in [6.45, 7) is -3.05. The molecule has 0 unspecified atom stereocenters. The van der Waals surface area contributed by atoms with Gasteiger partial charge in [0.1, 0.15) is 10.6 Å². The van der Waals surface area contributed by atoms with Crippen molar-refractivity contribution in [2.45, 2.75) is 35.3 Å². The van der Waals surface area contributed by atoms with Gasteiger partial charge in [-0.3, -0.25) is 0 Å². The lowest BCUT2D eigenvalue weighted by molar-refractivity contribution is -0.0518. The van der Waals surface area contributed by atoms with Gasteiger partial charge in [-0.25, -0.2) is 21.6 Å². The number of sulfonamides is 2. The van der Waals surface area contributed by atoms with Crippen molar-refractivity contribution in [1.29, 1.82) is 0 Å². The highest BCUT2D eigenvalue weighted by Crippen LogP contribution is 2.29. The highest BCUT2D eigenvalue weighted by atomic mass is 32.2. The lowest BCUT2D eigenvalue weighted by Crippen LogP contribution is -2.46. The fraction of sp³-hybridized carbons (Fsp3) is 0.333. The average Bonchev–Trinajstić information content (AvgIpc) is 2.69. The molecule has 1 aliphatic heterocycles. The molecule has 29 heavy (non-hydrogen) atoms. The second kappa shape index (κ2) is 8.74. The Morgan fingerprint density at radius 3 is 2.14 bits per heavy atom. The van der Waals surface area contributed by atoms with Gasteiger partial charge in [0.25, 0.3) is 0 Å². The van der Waals surface area contributed by atoms with Crippen molar-refractivity contribution < 1.29 is 30.4 Å². The van der Waals surface area contributed by atoms with Gasteiger partial charge >= 0.3 is 6.61 Å². The van der Waals surface area contributed by atoms with Gasteiger partial charge in [0.05, 0.1) is 4.90 Å². The van der Waals surface area contributed by atoms with Crippen molar-refractivity contribution in [3.63, 3.8) is 0 Å². The van der Waals surface area contributed by atoms with Crippen LogP contribution in [0.5, 0.6) is 5.75 Å². The predicted molar refractivity (Wildman–Crippen MR) is 102 cm³/mol. The average molecular weight is 446 g/mol. The first kappa shape index (κ1) is 21.6. The number of para-hydroxylation sites is 1. The van der Waals surface area contributed by atoms with E-state index in [1.165, 1.54) is 36.4 Å². The van der Waals surface area contributed by atoms with Gasteiger partial charge in [-0.1, -0.05) is 30.3 Å². The largest absolute Gasteiger partial charge is 0.433 e. The SMILES string of the molecule is O=S(=O)(NC1CCN(S(=O)(=O)c2ccccc2OC(F)F)CC1)c1ccccc1. The molecule has 1 N–H and O–H groups in total. The van der Waals surface area contributed by atoms with Crippen LogP contribution in [0, 0.1) is 0 Å². The number of hydrogen-bond donors (Lipinski definition) is 1. The van der Waals surface area contributed by atoms with E-state index in [-0.39, 0.29) is 35.7 Å². The van der Waals surface area contributed by atoms with Crippen molar-refractivity contribution >= 4 is 20.0 Å². The van der Waals surface area contributed by atoms with Crippen molar-refractivity contribution in [3.8, 4) is 5.75 Å². The Labute approximate surface area is 168 Å². The molecule has 2 aromatic rings. The number of halogens is 2. The van der Waals surface area contributed by atoms with E-state index in [9.17, 15) is 25.6 Å². The van der Waals surface area contributed by atoms with Crippen LogP contribution in [-0.4, -0.2) is 46.9 Å². The zero-order chi connectivity index (χ0) is 21.1. The number of nitrogens with one attached hydrogen (secondary N) is 1. The molecule has 0 bridgehead atoms. The van der Waals surface area contributed by atoms with Crippen LogP contribution in [0.1, 0.15) is 12.8 Å². The normalized spacial score (nSPS) is 16.8. The minimum absolute atomic E-state index is 0.0489. The molecular formula is C18H20F2N2O5S2. The third kappa shape index (κ3) is 5.10. The maximum absolute atomic E-state index is 12.9. The molecule has 158 valence electrons. The van der Waals surface area contributed by atoms with Crippen LogP contribution in [0.25, 0.3) is 0 Å². The molecule has 1 aliphatic rings. The second-order valence-corrected chi connectivity index (χ2v) is 10.1. The molecule has 0 spiro atoms. The maximum Gasteiger partial charge on any atom is 0.387 e. The molecule has 3 rings (SSSR count). The fourth-order valence-corrected chi connectivity index (χ4v) is 6.01. The summed E-state index contributed by atoms with van der Waals surface area (Å²) < 4.78 is 83.8. The zero-order valence-corrected chi connectivity index (χ0v) is 16.9. The van der Waals surface area contributed by atoms with E-state index in [1.807, 2.05) is 0 Å². The third-order valence-corrected chi connectivity index (χ3v) is 7.99. The number of hydrogen-bond acceptors (Lipinski definition) is 5. The molecule has 1 heterocycles. The van der Waals surface area contributed by atoms with E-state index < -0.39 is 38.4 Å². The third-order valence-electron chi connectivity index (χ3n) is 4.51. The quantitative estimate of drug-likeness (QED) is 0.705. The summed E-state index contributed by atoms with van der Waals surface area (Å²) in [5, 5.41) is 0. The number of ether oxygens (including phenoxy) is 1. The van der Waals surface area contributed by atoms with Gasteiger partial charge in [-0.2, -0.15) is 13.1 Å². The smallest absolute Gasteiger partial charge is 0.387 e. The van der Waals surface area contributed by atoms with Crippen LogP contribution in [-0.2, 0) is 20.0 Å². The summed E-state index contributed by atoms with van der Waals surface area (Å²) >= 11 is 0. The van der Waals surface area contributed by atoms with Crippen molar-refractivity contribution in [2.24, 2.45) is 0 Å². The first-order valence-electron chi connectivity index (χ1n) is 8.81. The van der Waals surface area contributed by atoms with Crippen LogP contribution >= 0.6 is 0 Å². The van der Waals surface area contributed by atoms with Gasteiger partial charge in [0.15, 0.2) is 0 Å². The minimum Gasteiger partial charge on any atom is -0.433 e. The van der Waals surface area contributed by atoms with Crippen LogP contribution in [0.4, 0.5) is 8.78 Å². The molecule has 0 aromatic heterocycles. The van der Waals surface area contributed by atoms with Gasteiger partial charge in [-0.05, 0) is 37.1 Å². The van der Waals surface area contributed by atoms with Crippen molar-refractivity contribution in [2.75, 3.05) is 13.1 Å². The summed E-state index contributed by atoms with van der Waals surface area (Å²) in [7, 11) is -7.77. The second-order valence-electron chi connectivity index (χ2n) is 6.44. The van der Waals surface area contributed by atoms with E-state index in [0.29, 0.717) is 0 Å². The monoisotopic (exact) mass is 446 g/mol. The molecule has 1 saturated heterocycles. The van der Waals surface area contributed by atoms with Crippen molar-refractivity contribution in [3.05, 3.63) is 54.6 Å². The lowest BCUT2D eigenvalue weighted by Gasteiger charge is -2.31. The van der Waals surface area contributed by atoms with Crippen LogP contribution in [0.3, 0.4) is 0 Å². The Balaban J connectivity index is 1.69. The molecule has 1 fully saturated rings. The summed E-state index contributed by atoms with van der Waals surface area (Å²) in [5.41, 5.74) is 0. The summed E-state index contributed by atoms with van der Waals surface area (Å²) in [6.07, 6.45) is 0.506. The summed E-state index contributed by atoms with van der Waals surface area (Å²) in [4.78, 5) is -0.211. The first-order valence-corrected chi connectivity index (χ1v) is 11.7. The Morgan fingerprint density at radius 2 is 1.52 bits per heavy atom. The van der Waals surface area contributed by atoms with Crippen LogP contribution in [0.15, 0.2) is 64.4 Å². The van der Waals surface area contributed by atoms with Gasteiger partial charge < -0.3 is 4.74 Å². The molecule has 2 aromatic carbocycles.